The minimum atomic E-state index is 1.22. The predicted octanol–water partition coefficient (Wildman–Crippen LogP) is 5.65. The SMILES string of the molecule is C=C(C)CCCCCCCCC/C=C/C. The molecule has 0 radical (unpaired) electrons. The van der Waals surface area contributed by atoms with Crippen LogP contribution in [0.3, 0.4) is 0 Å². The Morgan fingerprint density at radius 1 is 0.933 bits per heavy atom. The summed E-state index contributed by atoms with van der Waals surface area (Å²) in [6.07, 6.45) is 16.7. The molecular weight excluding hydrogens is 180 g/mol. The van der Waals surface area contributed by atoms with Gasteiger partial charge in [-0.1, -0.05) is 49.8 Å². The highest BCUT2D eigenvalue weighted by Gasteiger charge is 1.91. The number of rotatable bonds is 10. The largest absolute Gasteiger partial charge is 0.100 e. The number of unbranched alkanes of at least 4 members (excludes halogenated alkanes) is 7. The van der Waals surface area contributed by atoms with Crippen molar-refractivity contribution in [3.63, 3.8) is 0 Å². The van der Waals surface area contributed by atoms with E-state index >= 15 is 0 Å². The van der Waals surface area contributed by atoms with E-state index in [0.717, 1.165) is 0 Å². The number of hydrogen-bond acceptors (Lipinski definition) is 0. The van der Waals surface area contributed by atoms with Crippen LogP contribution in [0.1, 0.15) is 71.6 Å². The van der Waals surface area contributed by atoms with E-state index in [4.69, 9.17) is 0 Å². The van der Waals surface area contributed by atoms with Gasteiger partial charge in [-0.25, -0.2) is 0 Å². The second kappa shape index (κ2) is 11.6. The number of allylic oxidation sites excluding steroid dienone is 3. The molecule has 0 aromatic heterocycles. The maximum atomic E-state index is 3.92. The average Bonchev–Trinajstić information content (AvgIpc) is 2.20. The maximum absolute atomic E-state index is 3.92. The Hall–Kier alpha value is -0.520. The molecule has 0 aromatic carbocycles. The van der Waals surface area contributed by atoms with E-state index in [2.05, 4.69) is 32.6 Å². The van der Waals surface area contributed by atoms with Gasteiger partial charge in [0.1, 0.15) is 0 Å². The van der Waals surface area contributed by atoms with Gasteiger partial charge in [0.05, 0.1) is 0 Å². The van der Waals surface area contributed by atoms with Crippen LogP contribution in [0.5, 0.6) is 0 Å². The lowest BCUT2D eigenvalue weighted by atomic mass is 10.1. The standard InChI is InChI=1S/C15H28/c1-4-5-6-7-8-9-10-11-12-13-14-15(2)3/h4-5H,2,6-14H2,1,3H3/b5-4+. The first-order valence-corrected chi connectivity index (χ1v) is 6.53. The second-order valence-corrected chi connectivity index (χ2v) is 4.54. The van der Waals surface area contributed by atoms with Crippen molar-refractivity contribution in [2.24, 2.45) is 0 Å². The van der Waals surface area contributed by atoms with E-state index in [9.17, 15) is 0 Å². The summed E-state index contributed by atoms with van der Waals surface area (Å²) in [4.78, 5) is 0. The molecular formula is C15H28. The zero-order chi connectivity index (χ0) is 11.4. The lowest BCUT2D eigenvalue weighted by molar-refractivity contribution is 0.581. The zero-order valence-corrected chi connectivity index (χ0v) is 10.7. The fraction of sp³-hybridized carbons (Fsp3) is 0.733. The van der Waals surface area contributed by atoms with Gasteiger partial charge < -0.3 is 0 Å². The quantitative estimate of drug-likeness (QED) is 0.321. The van der Waals surface area contributed by atoms with Gasteiger partial charge in [-0.05, 0) is 39.5 Å². The fourth-order valence-corrected chi connectivity index (χ4v) is 1.74. The van der Waals surface area contributed by atoms with Crippen LogP contribution in [0.2, 0.25) is 0 Å². The lowest BCUT2D eigenvalue weighted by Gasteiger charge is -2.01. The molecule has 0 heteroatoms. The molecule has 0 unspecified atom stereocenters. The molecule has 88 valence electrons. The summed E-state index contributed by atoms with van der Waals surface area (Å²) in [6.45, 7) is 8.15. The summed E-state index contributed by atoms with van der Waals surface area (Å²) < 4.78 is 0. The van der Waals surface area contributed by atoms with Crippen LogP contribution < -0.4 is 0 Å². The Bertz CT molecular complexity index is 165. The van der Waals surface area contributed by atoms with Crippen LogP contribution >= 0.6 is 0 Å². The molecule has 0 atom stereocenters. The van der Waals surface area contributed by atoms with Crippen molar-refractivity contribution >= 4 is 0 Å². The summed E-state index contributed by atoms with van der Waals surface area (Å²) in [5, 5.41) is 0. The molecule has 0 aliphatic rings. The molecule has 0 aliphatic heterocycles. The summed E-state index contributed by atoms with van der Waals surface area (Å²) in [6, 6.07) is 0. The monoisotopic (exact) mass is 208 g/mol. The van der Waals surface area contributed by atoms with Crippen LogP contribution in [0, 0.1) is 0 Å². The van der Waals surface area contributed by atoms with Crippen molar-refractivity contribution in [3.05, 3.63) is 24.3 Å². The van der Waals surface area contributed by atoms with E-state index in [0.29, 0.717) is 0 Å². The summed E-state index contributed by atoms with van der Waals surface area (Å²) in [5.74, 6) is 0. The Kier molecular flexibility index (Phi) is 11.2. The van der Waals surface area contributed by atoms with Crippen molar-refractivity contribution in [3.8, 4) is 0 Å². The molecule has 0 amide bonds. The minimum absolute atomic E-state index is 1.22. The average molecular weight is 208 g/mol. The van der Waals surface area contributed by atoms with Crippen LogP contribution in [0.4, 0.5) is 0 Å². The van der Waals surface area contributed by atoms with Gasteiger partial charge >= 0.3 is 0 Å². The zero-order valence-electron chi connectivity index (χ0n) is 10.7. The van der Waals surface area contributed by atoms with Gasteiger partial charge in [-0.3, -0.25) is 0 Å². The Balaban J connectivity index is 2.95. The van der Waals surface area contributed by atoms with Crippen molar-refractivity contribution in [2.75, 3.05) is 0 Å². The Morgan fingerprint density at radius 3 is 2.00 bits per heavy atom. The highest BCUT2D eigenvalue weighted by molar-refractivity contribution is 4.86. The molecule has 0 N–H and O–H groups in total. The first-order valence-electron chi connectivity index (χ1n) is 6.53. The normalized spacial score (nSPS) is 11.1. The van der Waals surface area contributed by atoms with Gasteiger partial charge in [0.15, 0.2) is 0 Å². The van der Waals surface area contributed by atoms with Crippen molar-refractivity contribution in [1.29, 1.82) is 0 Å². The van der Waals surface area contributed by atoms with Crippen molar-refractivity contribution in [1.82, 2.24) is 0 Å². The Morgan fingerprint density at radius 2 is 1.47 bits per heavy atom. The molecule has 15 heavy (non-hydrogen) atoms. The van der Waals surface area contributed by atoms with Gasteiger partial charge in [0.2, 0.25) is 0 Å². The first-order chi connectivity index (χ1) is 7.27. The maximum Gasteiger partial charge on any atom is -0.0326 e. The van der Waals surface area contributed by atoms with E-state index in [1.807, 2.05) is 0 Å². The third-order valence-corrected chi connectivity index (χ3v) is 2.71. The second-order valence-electron chi connectivity index (χ2n) is 4.54. The molecule has 0 aromatic rings. The van der Waals surface area contributed by atoms with E-state index in [-0.39, 0.29) is 0 Å². The van der Waals surface area contributed by atoms with Crippen LogP contribution in [0.25, 0.3) is 0 Å². The van der Waals surface area contributed by atoms with E-state index in [1.54, 1.807) is 0 Å². The molecule has 0 saturated carbocycles. The first kappa shape index (κ1) is 14.5. The van der Waals surface area contributed by atoms with Crippen LogP contribution in [-0.4, -0.2) is 0 Å². The molecule has 0 fully saturated rings. The lowest BCUT2D eigenvalue weighted by Crippen LogP contribution is -1.81. The molecule has 0 bridgehead atoms. The minimum Gasteiger partial charge on any atom is -0.100 e. The summed E-state index contributed by atoms with van der Waals surface area (Å²) in [5.41, 5.74) is 1.33. The Labute approximate surface area is 96.5 Å². The van der Waals surface area contributed by atoms with Crippen LogP contribution in [0.15, 0.2) is 24.3 Å². The van der Waals surface area contributed by atoms with E-state index in [1.165, 1.54) is 63.4 Å². The third kappa shape index (κ3) is 13.5. The van der Waals surface area contributed by atoms with Gasteiger partial charge in [0, 0.05) is 0 Å². The van der Waals surface area contributed by atoms with Crippen molar-refractivity contribution in [2.45, 2.75) is 71.6 Å². The van der Waals surface area contributed by atoms with Crippen molar-refractivity contribution < 1.29 is 0 Å². The predicted molar refractivity (Wildman–Crippen MR) is 71.2 cm³/mol. The number of hydrogen-bond donors (Lipinski definition) is 0. The highest BCUT2D eigenvalue weighted by Crippen LogP contribution is 2.11. The smallest absolute Gasteiger partial charge is 0.0326 e. The summed E-state index contributed by atoms with van der Waals surface area (Å²) in [7, 11) is 0. The highest BCUT2D eigenvalue weighted by atomic mass is 14.0. The molecule has 0 rings (SSSR count). The molecule has 0 saturated heterocycles. The van der Waals surface area contributed by atoms with Gasteiger partial charge in [-0.15, -0.1) is 6.58 Å². The third-order valence-electron chi connectivity index (χ3n) is 2.71. The van der Waals surface area contributed by atoms with E-state index < -0.39 is 0 Å². The topological polar surface area (TPSA) is 0 Å². The molecule has 0 aliphatic carbocycles. The molecule has 0 heterocycles. The van der Waals surface area contributed by atoms with Gasteiger partial charge in [0.25, 0.3) is 0 Å². The van der Waals surface area contributed by atoms with Gasteiger partial charge in [-0.2, -0.15) is 0 Å². The fourth-order valence-electron chi connectivity index (χ4n) is 1.74. The van der Waals surface area contributed by atoms with Crippen LogP contribution in [-0.2, 0) is 0 Å². The molecule has 0 spiro atoms. The summed E-state index contributed by atoms with van der Waals surface area (Å²) >= 11 is 0. The molecule has 0 nitrogen and oxygen atoms in total.